The van der Waals surface area contributed by atoms with Crippen LogP contribution in [0.25, 0.3) is 0 Å². The summed E-state index contributed by atoms with van der Waals surface area (Å²) in [5.41, 5.74) is -1.09. The van der Waals surface area contributed by atoms with E-state index >= 15 is 0 Å². The fraction of sp³-hybridized carbons (Fsp3) is 0.600. The molecule has 0 radical (unpaired) electrons. The number of hydrogen-bond acceptors (Lipinski definition) is 6. The molecular formula is C10H15F3N4O2S. The average molecular weight is 312 g/mol. The quantitative estimate of drug-likeness (QED) is 0.826. The Morgan fingerprint density at radius 1 is 1.25 bits per heavy atom. The summed E-state index contributed by atoms with van der Waals surface area (Å²) in [6.07, 6.45) is -3.56. The first-order chi connectivity index (χ1) is 9.12. The van der Waals surface area contributed by atoms with E-state index in [1.54, 1.807) is 6.92 Å². The Balaban J connectivity index is 2.91. The van der Waals surface area contributed by atoms with Gasteiger partial charge in [0, 0.05) is 25.4 Å². The summed E-state index contributed by atoms with van der Waals surface area (Å²) in [7, 11) is -3.20. The lowest BCUT2D eigenvalue weighted by molar-refractivity contribution is -0.141. The summed E-state index contributed by atoms with van der Waals surface area (Å²) in [6, 6.07) is 0.739. The molecule has 0 bridgehead atoms. The van der Waals surface area contributed by atoms with E-state index in [0.29, 0.717) is 6.54 Å². The van der Waals surface area contributed by atoms with E-state index < -0.39 is 21.7 Å². The molecule has 0 unspecified atom stereocenters. The Morgan fingerprint density at radius 2 is 1.90 bits per heavy atom. The van der Waals surface area contributed by atoms with Crippen molar-refractivity contribution in [2.75, 3.05) is 35.7 Å². The normalized spacial score (nSPS) is 12.2. The summed E-state index contributed by atoms with van der Waals surface area (Å²) in [6.45, 7) is 2.03. The number of aromatic nitrogens is 2. The Bertz CT molecular complexity index is 560. The summed E-state index contributed by atoms with van der Waals surface area (Å²) >= 11 is 0. The van der Waals surface area contributed by atoms with E-state index in [1.807, 2.05) is 0 Å². The molecule has 1 rings (SSSR count). The van der Waals surface area contributed by atoms with Gasteiger partial charge in [0.15, 0.2) is 5.69 Å². The first-order valence-electron chi connectivity index (χ1n) is 5.73. The number of sulfone groups is 1. The third-order valence-electron chi connectivity index (χ3n) is 2.13. The zero-order valence-corrected chi connectivity index (χ0v) is 11.8. The zero-order chi connectivity index (χ0) is 15.4. The Hall–Kier alpha value is -1.58. The maximum atomic E-state index is 12.7. The van der Waals surface area contributed by atoms with Gasteiger partial charge in [0.05, 0.1) is 5.75 Å². The largest absolute Gasteiger partial charge is 0.433 e. The van der Waals surface area contributed by atoms with Crippen LogP contribution in [0.3, 0.4) is 0 Å². The highest BCUT2D eigenvalue weighted by Crippen LogP contribution is 2.29. The van der Waals surface area contributed by atoms with Crippen molar-refractivity contribution < 1.29 is 21.6 Å². The summed E-state index contributed by atoms with van der Waals surface area (Å²) in [4.78, 5) is 7.17. The topological polar surface area (TPSA) is 84.0 Å². The van der Waals surface area contributed by atoms with Crippen LogP contribution >= 0.6 is 0 Å². The van der Waals surface area contributed by atoms with Crippen LogP contribution in [0.5, 0.6) is 0 Å². The van der Waals surface area contributed by atoms with E-state index in [-0.39, 0.29) is 24.1 Å². The van der Waals surface area contributed by atoms with E-state index in [1.165, 1.54) is 0 Å². The molecule has 0 atom stereocenters. The second kappa shape index (κ2) is 6.25. The maximum absolute atomic E-state index is 12.7. The van der Waals surface area contributed by atoms with Gasteiger partial charge in [0.2, 0.25) is 5.95 Å². The van der Waals surface area contributed by atoms with Crippen molar-refractivity contribution >= 4 is 21.6 Å². The lowest BCUT2D eigenvalue weighted by Crippen LogP contribution is -2.17. The molecule has 2 N–H and O–H groups in total. The Labute approximate surface area is 114 Å². The van der Waals surface area contributed by atoms with Gasteiger partial charge in [0.1, 0.15) is 15.7 Å². The van der Waals surface area contributed by atoms with Crippen molar-refractivity contribution in [3.63, 3.8) is 0 Å². The number of nitrogens with zero attached hydrogens (tertiary/aromatic N) is 2. The van der Waals surface area contributed by atoms with Crippen molar-refractivity contribution in [3.05, 3.63) is 11.8 Å². The van der Waals surface area contributed by atoms with Gasteiger partial charge in [-0.05, 0) is 6.92 Å². The lowest BCUT2D eigenvalue weighted by atomic mass is 10.3. The number of hydrogen-bond donors (Lipinski definition) is 2. The third-order valence-corrected chi connectivity index (χ3v) is 3.08. The number of alkyl halides is 3. The molecule has 6 nitrogen and oxygen atoms in total. The monoisotopic (exact) mass is 312 g/mol. The predicted molar refractivity (Wildman–Crippen MR) is 69.4 cm³/mol. The molecule has 0 aliphatic rings. The van der Waals surface area contributed by atoms with Gasteiger partial charge in [0.25, 0.3) is 0 Å². The Kier molecular flexibility index (Phi) is 5.15. The van der Waals surface area contributed by atoms with E-state index in [4.69, 9.17) is 0 Å². The van der Waals surface area contributed by atoms with Gasteiger partial charge < -0.3 is 10.6 Å². The van der Waals surface area contributed by atoms with Crippen molar-refractivity contribution in [2.45, 2.75) is 13.1 Å². The highest BCUT2D eigenvalue weighted by molar-refractivity contribution is 7.90. The average Bonchev–Trinajstić information content (AvgIpc) is 2.26. The second-order valence-electron chi connectivity index (χ2n) is 4.05. The van der Waals surface area contributed by atoms with Crippen LogP contribution in [0, 0.1) is 0 Å². The standard InChI is InChI=1S/C10H15F3N4O2S/c1-3-14-9-16-7(10(11,12)13)6-8(17-9)15-4-5-20(2,18)19/h6H,3-5H2,1-2H3,(H2,14,15,16,17). The highest BCUT2D eigenvalue weighted by atomic mass is 32.2. The molecule has 1 aromatic rings. The molecule has 10 heteroatoms. The molecule has 0 amide bonds. The molecule has 0 aliphatic carbocycles. The molecule has 20 heavy (non-hydrogen) atoms. The van der Waals surface area contributed by atoms with Crippen molar-refractivity contribution in [2.24, 2.45) is 0 Å². The first kappa shape index (κ1) is 16.5. The lowest BCUT2D eigenvalue weighted by Gasteiger charge is -2.11. The molecule has 0 aliphatic heterocycles. The number of nitrogens with one attached hydrogen (secondary N) is 2. The van der Waals surface area contributed by atoms with Crippen LogP contribution in [-0.2, 0) is 16.0 Å². The van der Waals surface area contributed by atoms with Crippen LogP contribution in [0.15, 0.2) is 6.07 Å². The van der Waals surface area contributed by atoms with Gasteiger partial charge >= 0.3 is 6.18 Å². The molecule has 0 spiro atoms. The summed E-state index contributed by atoms with van der Waals surface area (Å²) < 4.78 is 59.9. The minimum atomic E-state index is -4.60. The van der Waals surface area contributed by atoms with Crippen molar-refractivity contribution in [1.82, 2.24) is 9.97 Å². The van der Waals surface area contributed by atoms with Crippen LogP contribution in [-0.4, -0.2) is 43.5 Å². The third kappa shape index (κ3) is 5.59. The van der Waals surface area contributed by atoms with Crippen molar-refractivity contribution in [3.8, 4) is 0 Å². The second-order valence-corrected chi connectivity index (χ2v) is 6.31. The number of anilines is 2. The van der Waals surface area contributed by atoms with Crippen LogP contribution in [0.4, 0.5) is 24.9 Å². The van der Waals surface area contributed by atoms with E-state index in [9.17, 15) is 21.6 Å². The molecule has 114 valence electrons. The number of halogens is 3. The van der Waals surface area contributed by atoms with Gasteiger partial charge in [-0.2, -0.15) is 18.2 Å². The van der Waals surface area contributed by atoms with Crippen LogP contribution in [0.2, 0.25) is 0 Å². The predicted octanol–water partition coefficient (Wildman–Crippen LogP) is 1.38. The summed E-state index contributed by atoms with van der Waals surface area (Å²) in [5.74, 6) is -0.439. The smallest absolute Gasteiger partial charge is 0.369 e. The molecule has 0 aromatic carbocycles. The molecule has 0 saturated heterocycles. The fourth-order valence-electron chi connectivity index (χ4n) is 1.28. The molecule has 1 heterocycles. The first-order valence-corrected chi connectivity index (χ1v) is 7.79. The highest BCUT2D eigenvalue weighted by Gasteiger charge is 2.33. The molecule has 0 fully saturated rings. The SMILES string of the molecule is CCNc1nc(NCCS(C)(=O)=O)cc(C(F)(F)F)n1. The summed E-state index contributed by atoms with van der Waals surface area (Å²) in [5, 5.41) is 5.13. The van der Waals surface area contributed by atoms with Crippen LogP contribution in [0.1, 0.15) is 12.6 Å². The zero-order valence-electron chi connectivity index (χ0n) is 11.0. The van der Waals surface area contributed by atoms with E-state index in [2.05, 4.69) is 20.6 Å². The van der Waals surface area contributed by atoms with Gasteiger partial charge in [-0.3, -0.25) is 0 Å². The van der Waals surface area contributed by atoms with Gasteiger partial charge in [-0.1, -0.05) is 0 Å². The molecular weight excluding hydrogens is 297 g/mol. The molecule has 0 saturated carbocycles. The minimum absolute atomic E-state index is 0.0291. The Morgan fingerprint density at radius 3 is 2.40 bits per heavy atom. The minimum Gasteiger partial charge on any atom is -0.369 e. The fourth-order valence-corrected chi connectivity index (χ4v) is 1.76. The number of rotatable bonds is 6. The van der Waals surface area contributed by atoms with Gasteiger partial charge in [-0.25, -0.2) is 13.4 Å². The molecule has 1 aromatic heterocycles. The van der Waals surface area contributed by atoms with Crippen molar-refractivity contribution in [1.29, 1.82) is 0 Å². The van der Waals surface area contributed by atoms with Gasteiger partial charge in [-0.15, -0.1) is 0 Å². The van der Waals surface area contributed by atoms with E-state index in [0.717, 1.165) is 12.3 Å². The maximum Gasteiger partial charge on any atom is 0.433 e. The van der Waals surface area contributed by atoms with Crippen LogP contribution < -0.4 is 10.6 Å².